The van der Waals surface area contributed by atoms with E-state index in [-0.39, 0.29) is 11.0 Å². The predicted octanol–water partition coefficient (Wildman–Crippen LogP) is 4.75. The van der Waals surface area contributed by atoms with E-state index in [1.54, 1.807) is 0 Å². The van der Waals surface area contributed by atoms with Gasteiger partial charge in [0, 0.05) is 17.2 Å². The molecular formula is C17H18OS. The highest BCUT2D eigenvalue weighted by Crippen LogP contribution is 2.32. The fourth-order valence-electron chi connectivity index (χ4n) is 2.05. The number of carbonyl (C=O) groups is 1. The minimum absolute atomic E-state index is 0.218. The zero-order chi connectivity index (χ0) is 13.5. The SMILES string of the molecule is CCS[C@H](CC(=O)c1ccccc1)c1ccccc1. The molecule has 2 aromatic rings. The maximum absolute atomic E-state index is 12.3. The first-order valence-corrected chi connectivity index (χ1v) is 7.61. The molecule has 0 radical (unpaired) electrons. The van der Waals surface area contributed by atoms with Gasteiger partial charge in [0.15, 0.2) is 5.78 Å². The second kappa shape index (κ2) is 7.15. The summed E-state index contributed by atoms with van der Waals surface area (Å²) >= 11 is 1.83. The van der Waals surface area contributed by atoms with E-state index < -0.39 is 0 Å². The first kappa shape index (κ1) is 13.9. The smallest absolute Gasteiger partial charge is 0.164 e. The van der Waals surface area contributed by atoms with Crippen molar-refractivity contribution in [3.05, 3.63) is 71.8 Å². The Hall–Kier alpha value is -1.54. The number of benzene rings is 2. The summed E-state index contributed by atoms with van der Waals surface area (Å²) < 4.78 is 0. The van der Waals surface area contributed by atoms with Crippen LogP contribution in [0.25, 0.3) is 0 Å². The van der Waals surface area contributed by atoms with Gasteiger partial charge in [0.2, 0.25) is 0 Å². The van der Waals surface area contributed by atoms with Crippen molar-refractivity contribution in [2.24, 2.45) is 0 Å². The van der Waals surface area contributed by atoms with Gasteiger partial charge in [0.05, 0.1) is 0 Å². The van der Waals surface area contributed by atoms with Gasteiger partial charge in [-0.2, -0.15) is 11.8 Å². The molecule has 0 N–H and O–H groups in total. The average molecular weight is 270 g/mol. The minimum Gasteiger partial charge on any atom is -0.294 e. The van der Waals surface area contributed by atoms with E-state index in [4.69, 9.17) is 0 Å². The maximum atomic E-state index is 12.3. The van der Waals surface area contributed by atoms with Crippen LogP contribution in [0.5, 0.6) is 0 Å². The Bertz CT molecular complexity index is 507. The topological polar surface area (TPSA) is 17.1 Å². The van der Waals surface area contributed by atoms with Crippen LogP contribution in [0.2, 0.25) is 0 Å². The lowest BCUT2D eigenvalue weighted by atomic mass is 10.0. The van der Waals surface area contributed by atoms with Crippen LogP contribution in [0.15, 0.2) is 60.7 Å². The third kappa shape index (κ3) is 3.97. The summed E-state index contributed by atoms with van der Waals surface area (Å²) in [5.41, 5.74) is 2.04. The molecular weight excluding hydrogens is 252 g/mol. The molecule has 0 aliphatic carbocycles. The van der Waals surface area contributed by atoms with E-state index in [0.29, 0.717) is 6.42 Å². The van der Waals surface area contributed by atoms with Crippen molar-refractivity contribution in [2.75, 3.05) is 5.75 Å². The Morgan fingerprint density at radius 2 is 1.58 bits per heavy atom. The quantitative estimate of drug-likeness (QED) is 0.704. The van der Waals surface area contributed by atoms with Crippen LogP contribution < -0.4 is 0 Å². The molecule has 2 aromatic carbocycles. The number of ketones is 1. The summed E-state index contributed by atoms with van der Waals surface area (Å²) in [5.74, 6) is 1.23. The number of Topliss-reactive ketones (excluding diaryl/α,β-unsaturated/α-hetero) is 1. The average Bonchev–Trinajstić information content (AvgIpc) is 2.48. The number of hydrogen-bond donors (Lipinski definition) is 0. The van der Waals surface area contributed by atoms with Crippen LogP contribution in [0.4, 0.5) is 0 Å². The third-order valence-electron chi connectivity index (χ3n) is 3.01. The molecule has 0 spiro atoms. The number of carbonyl (C=O) groups excluding carboxylic acids is 1. The summed E-state index contributed by atoms with van der Waals surface area (Å²) in [5, 5.41) is 0.249. The predicted molar refractivity (Wildman–Crippen MR) is 82.7 cm³/mol. The second-order valence-corrected chi connectivity index (χ2v) is 5.83. The molecule has 0 aliphatic rings. The molecule has 0 saturated carbocycles. The monoisotopic (exact) mass is 270 g/mol. The summed E-state index contributed by atoms with van der Waals surface area (Å²) in [6.07, 6.45) is 0.562. The van der Waals surface area contributed by atoms with E-state index in [9.17, 15) is 4.79 Å². The van der Waals surface area contributed by atoms with E-state index in [1.165, 1.54) is 5.56 Å². The highest BCUT2D eigenvalue weighted by Gasteiger charge is 2.16. The molecule has 1 atom stereocenters. The highest BCUT2D eigenvalue weighted by atomic mass is 32.2. The lowest BCUT2D eigenvalue weighted by molar-refractivity contribution is 0.0982. The van der Waals surface area contributed by atoms with Gasteiger partial charge >= 0.3 is 0 Å². The zero-order valence-corrected chi connectivity index (χ0v) is 11.9. The summed E-state index contributed by atoms with van der Waals surface area (Å²) in [4.78, 5) is 12.3. The van der Waals surface area contributed by atoms with Crippen molar-refractivity contribution < 1.29 is 4.79 Å². The van der Waals surface area contributed by atoms with Crippen LogP contribution >= 0.6 is 11.8 Å². The van der Waals surface area contributed by atoms with Crippen molar-refractivity contribution in [3.63, 3.8) is 0 Å². The van der Waals surface area contributed by atoms with Gasteiger partial charge in [-0.3, -0.25) is 4.79 Å². The Balaban J connectivity index is 2.11. The minimum atomic E-state index is 0.218. The molecule has 1 nitrogen and oxygen atoms in total. The second-order valence-electron chi connectivity index (χ2n) is 4.35. The fourth-order valence-corrected chi connectivity index (χ4v) is 3.07. The van der Waals surface area contributed by atoms with Crippen LogP contribution in [-0.4, -0.2) is 11.5 Å². The fraction of sp³-hybridized carbons (Fsp3) is 0.235. The maximum Gasteiger partial charge on any atom is 0.164 e. The summed E-state index contributed by atoms with van der Waals surface area (Å²) in [6, 6.07) is 19.8. The first-order valence-electron chi connectivity index (χ1n) is 6.56. The number of rotatable bonds is 6. The van der Waals surface area contributed by atoms with Crippen molar-refractivity contribution in [1.29, 1.82) is 0 Å². The lowest BCUT2D eigenvalue weighted by Gasteiger charge is -2.15. The van der Waals surface area contributed by atoms with Crippen LogP contribution in [0, 0.1) is 0 Å². The molecule has 0 fully saturated rings. The van der Waals surface area contributed by atoms with Gasteiger partial charge in [0.1, 0.15) is 0 Å². The van der Waals surface area contributed by atoms with Crippen molar-refractivity contribution in [2.45, 2.75) is 18.6 Å². The molecule has 2 heteroatoms. The number of hydrogen-bond acceptors (Lipinski definition) is 2. The van der Waals surface area contributed by atoms with Crippen molar-refractivity contribution in [3.8, 4) is 0 Å². The molecule has 0 aromatic heterocycles. The lowest BCUT2D eigenvalue weighted by Crippen LogP contribution is -2.05. The van der Waals surface area contributed by atoms with Gasteiger partial charge < -0.3 is 0 Å². The van der Waals surface area contributed by atoms with E-state index in [0.717, 1.165) is 11.3 Å². The van der Waals surface area contributed by atoms with Crippen LogP contribution in [0.3, 0.4) is 0 Å². The summed E-state index contributed by atoms with van der Waals surface area (Å²) in [7, 11) is 0. The Labute approximate surface area is 119 Å². The van der Waals surface area contributed by atoms with E-state index in [1.807, 2.05) is 60.3 Å². The molecule has 0 unspecified atom stereocenters. The largest absolute Gasteiger partial charge is 0.294 e. The van der Waals surface area contributed by atoms with Gasteiger partial charge in [-0.25, -0.2) is 0 Å². The molecule has 98 valence electrons. The van der Waals surface area contributed by atoms with Gasteiger partial charge in [0.25, 0.3) is 0 Å². The molecule has 0 bridgehead atoms. The number of thioether (sulfide) groups is 1. The van der Waals surface area contributed by atoms with E-state index in [2.05, 4.69) is 19.1 Å². The van der Waals surface area contributed by atoms with Gasteiger partial charge in [-0.1, -0.05) is 67.6 Å². The summed E-state index contributed by atoms with van der Waals surface area (Å²) in [6.45, 7) is 2.13. The van der Waals surface area contributed by atoms with Gasteiger partial charge in [-0.05, 0) is 11.3 Å². The highest BCUT2D eigenvalue weighted by molar-refractivity contribution is 7.99. The normalized spacial score (nSPS) is 12.1. The van der Waals surface area contributed by atoms with Crippen molar-refractivity contribution >= 4 is 17.5 Å². The molecule has 19 heavy (non-hydrogen) atoms. The van der Waals surface area contributed by atoms with E-state index >= 15 is 0 Å². The molecule has 0 aliphatic heterocycles. The molecule has 0 saturated heterocycles. The van der Waals surface area contributed by atoms with Gasteiger partial charge in [-0.15, -0.1) is 0 Å². The zero-order valence-electron chi connectivity index (χ0n) is 11.1. The Kier molecular flexibility index (Phi) is 5.22. The first-order chi connectivity index (χ1) is 9.31. The molecule has 0 amide bonds. The molecule has 0 heterocycles. The standard InChI is InChI=1S/C17H18OS/c1-2-19-17(15-11-7-4-8-12-15)13-16(18)14-9-5-3-6-10-14/h3-12,17H,2,13H2,1H3/t17-/m1/s1. The Morgan fingerprint density at radius 1 is 1.00 bits per heavy atom. The third-order valence-corrected chi connectivity index (χ3v) is 4.18. The molecule has 2 rings (SSSR count). The van der Waals surface area contributed by atoms with Crippen LogP contribution in [0.1, 0.15) is 34.5 Å². The van der Waals surface area contributed by atoms with Crippen molar-refractivity contribution in [1.82, 2.24) is 0 Å². The van der Waals surface area contributed by atoms with Crippen LogP contribution in [-0.2, 0) is 0 Å². The Morgan fingerprint density at radius 3 is 2.16 bits per heavy atom.